The summed E-state index contributed by atoms with van der Waals surface area (Å²) < 4.78 is 6.09. The van der Waals surface area contributed by atoms with Crippen LogP contribution in [0.3, 0.4) is 0 Å². The Labute approximate surface area is 90.4 Å². The van der Waals surface area contributed by atoms with Crippen LogP contribution in [-0.4, -0.2) is 17.0 Å². The van der Waals surface area contributed by atoms with E-state index in [1.807, 2.05) is 0 Å². The van der Waals surface area contributed by atoms with E-state index in [4.69, 9.17) is 4.74 Å². The zero-order chi connectivity index (χ0) is 9.90. The molecule has 78 valence electrons. The highest BCUT2D eigenvalue weighted by Gasteiger charge is 2.31. The fourth-order valence-corrected chi connectivity index (χ4v) is 1.90. The molecule has 1 aliphatic carbocycles. The fraction of sp³-hybridized carbons (Fsp3) is 1.00. The van der Waals surface area contributed by atoms with Gasteiger partial charge in [-0.05, 0) is 39.0 Å². The molecule has 0 aromatic carbocycles. The number of ether oxygens (including phenoxy) is 1. The summed E-state index contributed by atoms with van der Waals surface area (Å²) in [5.41, 5.74) is -0.00370. The van der Waals surface area contributed by atoms with Gasteiger partial charge in [-0.3, -0.25) is 0 Å². The van der Waals surface area contributed by atoms with Crippen molar-refractivity contribution in [2.45, 2.75) is 58.2 Å². The Morgan fingerprint density at radius 1 is 1.46 bits per heavy atom. The maximum Gasteiger partial charge on any atom is 0.0726 e. The molecule has 0 N–H and O–H groups in total. The maximum atomic E-state index is 6.09. The van der Waals surface area contributed by atoms with Gasteiger partial charge in [-0.15, -0.1) is 0 Å². The topological polar surface area (TPSA) is 9.23 Å². The Kier molecular flexibility index (Phi) is 4.24. The summed E-state index contributed by atoms with van der Waals surface area (Å²) in [4.78, 5) is 0. The van der Waals surface area contributed by atoms with Gasteiger partial charge in [-0.1, -0.05) is 29.3 Å². The molecular formula is C11H21BrO. The van der Waals surface area contributed by atoms with Gasteiger partial charge in [0.15, 0.2) is 0 Å². The molecule has 0 radical (unpaired) electrons. The van der Waals surface area contributed by atoms with Crippen molar-refractivity contribution in [1.82, 2.24) is 0 Å². The molecule has 0 aromatic rings. The van der Waals surface area contributed by atoms with Crippen LogP contribution < -0.4 is 0 Å². The van der Waals surface area contributed by atoms with Crippen LogP contribution in [0.1, 0.15) is 46.5 Å². The second-order valence-corrected chi connectivity index (χ2v) is 5.21. The van der Waals surface area contributed by atoms with Gasteiger partial charge in [0.05, 0.1) is 11.7 Å². The van der Waals surface area contributed by atoms with Crippen molar-refractivity contribution >= 4 is 15.9 Å². The summed E-state index contributed by atoms with van der Waals surface area (Å²) in [5, 5.41) is 0.920. The fourth-order valence-electron chi connectivity index (χ4n) is 1.77. The third-order valence-corrected chi connectivity index (χ3v) is 4.22. The van der Waals surface area contributed by atoms with Crippen molar-refractivity contribution in [3.8, 4) is 0 Å². The summed E-state index contributed by atoms with van der Waals surface area (Å²) in [6.45, 7) is 6.54. The van der Waals surface area contributed by atoms with E-state index in [0.717, 1.165) is 17.7 Å². The van der Waals surface area contributed by atoms with E-state index in [-0.39, 0.29) is 5.60 Å². The minimum Gasteiger partial charge on any atom is -0.371 e. The Morgan fingerprint density at radius 2 is 2.08 bits per heavy atom. The standard InChI is InChI=1S/C11H21BrO/c1-4-10(9-6-5-7-9)13-11(2,3)8-12/h9-10H,4-8H2,1-3H3. The van der Waals surface area contributed by atoms with Crippen LogP contribution >= 0.6 is 15.9 Å². The molecule has 0 saturated heterocycles. The SMILES string of the molecule is CCC(OC(C)(C)CBr)C1CCC1. The molecule has 0 amide bonds. The van der Waals surface area contributed by atoms with Gasteiger partial charge in [0.1, 0.15) is 0 Å². The van der Waals surface area contributed by atoms with Crippen LogP contribution in [0.5, 0.6) is 0 Å². The van der Waals surface area contributed by atoms with Crippen molar-refractivity contribution < 1.29 is 4.74 Å². The maximum absolute atomic E-state index is 6.09. The summed E-state index contributed by atoms with van der Waals surface area (Å²) in [6, 6.07) is 0. The van der Waals surface area contributed by atoms with E-state index < -0.39 is 0 Å². The average molecular weight is 249 g/mol. The second-order valence-electron chi connectivity index (χ2n) is 4.65. The molecule has 1 saturated carbocycles. The molecule has 1 atom stereocenters. The normalized spacial score (nSPS) is 21.2. The van der Waals surface area contributed by atoms with Crippen LogP contribution in [0.4, 0.5) is 0 Å². The highest BCUT2D eigenvalue weighted by molar-refractivity contribution is 9.09. The van der Waals surface area contributed by atoms with E-state index in [0.29, 0.717) is 6.10 Å². The van der Waals surface area contributed by atoms with Crippen LogP contribution in [0.15, 0.2) is 0 Å². The van der Waals surface area contributed by atoms with Crippen molar-refractivity contribution in [1.29, 1.82) is 0 Å². The molecule has 0 aromatic heterocycles. The summed E-state index contributed by atoms with van der Waals surface area (Å²) in [5.74, 6) is 0.836. The van der Waals surface area contributed by atoms with E-state index in [9.17, 15) is 0 Å². The molecule has 0 bridgehead atoms. The third-order valence-electron chi connectivity index (χ3n) is 2.87. The van der Waals surface area contributed by atoms with Crippen LogP contribution in [-0.2, 0) is 4.74 Å². The lowest BCUT2D eigenvalue weighted by atomic mass is 9.80. The van der Waals surface area contributed by atoms with E-state index >= 15 is 0 Å². The van der Waals surface area contributed by atoms with Crippen molar-refractivity contribution in [2.75, 3.05) is 5.33 Å². The molecule has 0 aliphatic heterocycles. The first kappa shape index (κ1) is 11.5. The molecule has 13 heavy (non-hydrogen) atoms. The lowest BCUT2D eigenvalue weighted by Crippen LogP contribution is -2.38. The molecule has 1 aliphatic rings. The van der Waals surface area contributed by atoms with Crippen LogP contribution in [0.25, 0.3) is 0 Å². The predicted octanol–water partition coefficient (Wildman–Crippen LogP) is 3.76. The first-order valence-corrected chi connectivity index (χ1v) is 6.45. The van der Waals surface area contributed by atoms with Crippen molar-refractivity contribution in [3.05, 3.63) is 0 Å². The highest BCUT2D eigenvalue weighted by atomic mass is 79.9. The first-order chi connectivity index (χ1) is 6.09. The largest absolute Gasteiger partial charge is 0.371 e. The van der Waals surface area contributed by atoms with E-state index in [1.165, 1.54) is 19.3 Å². The Hall–Kier alpha value is 0.440. The van der Waals surface area contributed by atoms with E-state index in [1.54, 1.807) is 0 Å². The molecule has 1 rings (SSSR count). The minimum atomic E-state index is -0.00370. The van der Waals surface area contributed by atoms with Gasteiger partial charge in [-0.25, -0.2) is 0 Å². The van der Waals surface area contributed by atoms with Gasteiger partial charge in [0.25, 0.3) is 0 Å². The highest BCUT2D eigenvalue weighted by Crippen LogP contribution is 2.34. The average Bonchev–Trinajstić information content (AvgIpc) is 2.00. The Morgan fingerprint density at radius 3 is 2.38 bits per heavy atom. The van der Waals surface area contributed by atoms with Crippen molar-refractivity contribution in [3.63, 3.8) is 0 Å². The Balaban J connectivity index is 2.38. The zero-order valence-corrected chi connectivity index (χ0v) is 10.6. The van der Waals surface area contributed by atoms with E-state index in [2.05, 4.69) is 36.7 Å². The molecule has 0 heterocycles. The summed E-state index contributed by atoms with van der Waals surface area (Å²) >= 11 is 3.49. The van der Waals surface area contributed by atoms with Crippen LogP contribution in [0.2, 0.25) is 0 Å². The molecule has 1 unspecified atom stereocenters. The van der Waals surface area contributed by atoms with Gasteiger partial charge in [0, 0.05) is 5.33 Å². The van der Waals surface area contributed by atoms with Gasteiger partial charge in [-0.2, -0.15) is 0 Å². The molecule has 2 heteroatoms. The number of rotatable bonds is 5. The molecule has 0 spiro atoms. The number of hydrogen-bond acceptors (Lipinski definition) is 1. The Bertz CT molecular complexity index is 152. The van der Waals surface area contributed by atoms with Crippen LogP contribution in [0, 0.1) is 5.92 Å². The molecular weight excluding hydrogens is 228 g/mol. The lowest BCUT2D eigenvalue weighted by molar-refractivity contribution is -0.0972. The number of halogens is 1. The van der Waals surface area contributed by atoms with Crippen molar-refractivity contribution in [2.24, 2.45) is 5.92 Å². The smallest absolute Gasteiger partial charge is 0.0726 e. The minimum absolute atomic E-state index is 0.00370. The zero-order valence-electron chi connectivity index (χ0n) is 8.98. The number of hydrogen-bond donors (Lipinski definition) is 0. The van der Waals surface area contributed by atoms with Gasteiger partial charge in [0.2, 0.25) is 0 Å². The summed E-state index contributed by atoms with van der Waals surface area (Å²) in [6.07, 6.45) is 5.79. The quantitative estimate of drug-likeness (QED) is 0.674. The van der Waals surface area contributed by atoms with Gasteiger partial charge < -0.3 is 4.74 Å². The summed E-state index contributed by atoms with van der Waals surface area (Å²) in [7, 11) is 0. The third kappa shape index (κ3) is 3.25. The second kappa shape index (κ2) is 4.79. The molecule has 1 nitrogen and oxygen atoms in total. The monoisotopic (exact) mass is 248 g/mol. The number of alkyl halides is 1. The van der Waals surface area contributed by atoms with Gasteiger partial charge >= 0.3 is 0 Å². The molecule has 1 fully saturated rings. The first-order valence-electron chi connectivity index (χ1n) is 5.33. The predicted molar refractivity (Wildman–Crippen MR) is 60.4 cm³/mol. The lowest BCUT2D eigenvalue weighted by Gasteiger charge is -2.38.